The van der Waals surface area contributed by atoms with Gasteiger partial charge in [0, 0.05) is 24.8 Å². The Morgan fingerprint density at radius 3 is 2.55 bits per heavy atom. The zero-order valence-corrected chi connectivity index (χ0v) is 17.4. The van der Waals surface area contributed by atoms with Gasteiger partial charge in [-0.3, -0.25) is 14.9 Å². The summed E-state index contributed by atoms with van der Waals surface area (Å²) in [6.45, 7) is 1.46. The number of carbonyl (C=O) groups is 2. The molecule has 1 fully saturated rings. The normalized spacial score (nSPS) is 18.5. The Morgan fingerprint density at radius 1 is 1.00 bits per heavy atom. The lowest BCUT2D eigenvalue weighted by Gasteiger charge is -2.06. The van der Waals surface area contributed by atoms with Crippen LogP contribution in [0.15, 0.2) is 30.3 Å². The van der Waals surface area contributed by atoms with Gasteiger partial charge < -0.3 is 5.32 Å². The zero-order chi connectivity index (χ0) is 20.2. The number of nitrogens with zero attached hydrogens (tertiary/aromatic N) is 4. The van der Waals surface area contributed by atoms with Crippen LogP contribution in [-0.4, -0.2) is 32.2 Å². The Hall–Kier alpha value is -2.72. The monoisotopic (exact) mass is 428 g/mol. The first-order chi connectivity index (χ1) is 14.1. The van der Waals surface area contributed by atoms with E-state index >= 15 is 0 Å². The van der Waals surface area contributed by atoms with E-state index in [0.717, 1.165) is 35.7 Å². The van der Waals surface area contributed by atoms with Gasteiger partial charge in [0.1, 0.15) is 10.0 Å². The molecule has 0 radical (unpaired) electrons. The quantitative estimate of drug-likeness (QED) is 0.619. The summed E-state index contributed by atoms with van der Waals surface area (Å²) in [5.74, 6) is 0.538. The summed E-state index contributed by atoms with van der Waals surface area (Å²) >= 11 is 2.87. The van der Waals surface area contributed by atoms with Crippen LogP contribution in [0.2, 0.25) is 0 Å². The summed E-state index contributed by atoms with van der Waals surface area (Å²) in [5, 5.41) is 25.1. The van der Waals surface area contributed by atoms with Crippen molar-refractivity contribution >= 4 is 44.8 Å². The summed E-state index contributed by atoms with van der Waals surface area (Å²) in [6.07, 6.45) is 3.99. The molecule has 4 rings (SSSR count). The highest BCUT2D eigenvalue weighted by atomic mass is 32.1. The SMILES string of the molecule is CC(=O)Nc1nnc(C[C@@H]2CC[C@H](c3nnc(NC(=O)c4ccccc4)s3)C2)s1. The Morgan fingerprint density at radius 2 is 1.76 bits per heavy atom. The number of carbonyl (C=O) groups excluding carboxylic acids is 2. The van der Waals surface area contributed by atoms with E-state index in [2.05, 4.69) is 31.0 Å². The number of anilines is 2. The van der Waals surface area contributed by atoms with Gasteiger partial charge in [-0.2, -0.15) is 0 Å². The van der Waals surface area contributed by atoms with E-state index in [4.69, 9.17) is 0 Å². The Balaban J connectivity index is 1.32. The van der Waals surface area contributed by atoms with Crippen molar-refractivity contribution in [1.82, 2.24) is 20.4 Å². The van der Waals surface area contributed by atoms with Gasteiger partial charge in [-0.25, -0.2) is 0 Å². The van der Waals surface area contributed by atoms with Crippen LogP contribution in [0, 0.1) is 5.92 Å². The predicted molar refractivity (Wildman–Crippen MR) is 112 cm³/mol. The molecule has 0 spiro atoms. The number of rotatable bonds is 6. The maximum absolute atomic E-state index is 12.3. The van der Waals surface area contributed by atoms with Crippen LogP contribution >= 0.6 is 22.7 Å². The molecular formula is C19H20N6O2S2. The van der Waals surface area contributed by atoms with E-state index < -0.39 is 0 Å². The molecule has 0 aliphatic heterocycles. The number of benzene rings is 1. The van der Waals surface area contributed by atoms with Crippen molar-refractivity contribution < 1.29 is 9.59 Å². The molecule has 8 nitrogen and oxygen atoms in total. The fraction of sp³-hybridized carbons (Fsp3) is 0.368. The van der Waals surface area contributed by atoms with Gasteiger partial charge in [0.15, 0.2) is 0 Å². The molecule has 150 valence electrons. The lowest BCUT2D eigenvalue weighted by Crippen LogP contribution is -2.11. The van der Waals surface area contributed by atoms with Gasteiger partial charge >= 0.3 is 0 Å². The van der Waals surface area contributed by atoms with Gasteiger partial charge in [0.2, 0.25) is 16.2 Å². The molecule has 1 aromatic carbocycles. The smallest absolute Gasteiger partial charge is 0.257 e. The molecule has 10 heteroatoms. The minimum absolute atomic E-state index is 0.139. The molecule has 0 unspecified atom stereocenters. The molecule has 2 atom stereocenters. The van der Waals surface area contributed by atoms with Crippen molar-refractivity contribution in [3.05, 3.63) is 45.9 Å². The Bertz CT molecular complexity index is 1000. The maximum Gasteiger partial charge on any atom is 0.257 e. The fourth-order valence-electron chi connectivity index (χ4n) is 3.48. The molecular weight excluding hydrogens is 408 g/mol. The predicted octanol–water partition coefficient (Wildman–Crippen LogP) is 3.73. The van der Waals surface area contributed by atoms with Crippen LogP contribution in [0.5, 0.6) is 0 Å². The van der Waals surface area contributed by atoms with Gasteiger partial charge in [0.05, 0.1) is 0 Å². The molecule has 0 saturated heterocycles. The average Bonchev–Trinajstić information content (AvgIpc) is 3.44. The minimum Gasteiger partial charge on any atom is -0.301 e. The third kappa shape index (κ3) is 5.01. The standard InChI is InChI=1S/C19H20N6O2S2/c1-11(26)20-18-24-22-15(28-18)10-12-7-8-14(9-12)17-23-25-19(29-17)21-16(27)13-5-3-2-4-6-13/h2-6,12,14H,7-10H2,1H3,(H,20,24,26)(H,21,25,27)/t12-,14+/m1/s1. The lowest BCUT2D eigenvalue weighted by molar-refractivity contribution is -0.114. The van der Waals surface area contributed by atoms with Crippen molar-refractivity contribution in [3.8, 4) is 0 Å². The van der Waals surface area contributed by atoms with E-state index in [9.17, 15) is 9.59 Å². The van der Waals surface area contributed by atoms with Gasteiger partial charge in [-0.1, -0.05) is 40.9 Å². The molecule has 2 N–H and O–H groups in total. The summed E-state index contributed by atoms with van der Waals surface area (Å²) < 4.78 is 0. The summed E-state index contributed by atoms with van der Waals surface area (Å²) in [4.78, 5) is 23.4. The van der Waals surface area contributed by atoms with Crippen LogP contribution < -0.4 is 10.6 Å². The zero-order valence-electron chi connectivity index (χ0n) is 15.8. The Labute approximate surface area is 175 Å². The molecule has 29 heavy (non-hydrogen) atoms. The van der Waals surface area contributed by atoms with Crippen LogP contribution in [0.1, 0.15) is 52.5 Å². The Kier molecular flexibility index (Phi) is 5.91. The largest absolute Gasteiger partial charge is 0.301 e. The molecule has 2 amide bonds. The topological polar surface area (TPSA) is 110 Å². The van der Waals surface area contributed by atoms with Gasteiger partial charge in [-0.15, -0.1) is 20.4 Å². The molecule has 1 aliphatic carbocycles. The number of aromatic nitrogens is 4. The van der Waals surface area contributed by atoms with Crippen molar-refractivity contribution in [3.63, 3.8) is 0 Å². The van der Waals surface area contributed by atoms with E-state index in [1.807, 2.05) is 18.2 Å². The summed E-state index contributed by atoms with van der Waals surface area (Å²) in [7, 11) is 0. The van der Waals surface area contributed by atoms with Crippen molar-refractivity contribution in [2.45, 2.75) is 38.5 Å². The highest BCUT2D eigenvalue weighted by molar-refractivity contribution is 7.15. The third-order valence-corrected chi connectivity index (χ3v) is 6.66. The summed E-state index contributed by atoms with van der Waals surface area (Å²) in [5.41, 5.74) is 0.598. The third-order valence-electron chi connectivity index (χ3n) is 4.80. The number of nitrogens with one attached hydrogen (secondary N) is 2. The van der Waals surface area contributed by atoms with E-state index in [0.29, 0.717) is 27.7 Å². The second kappa shape index (κ2) is 8.75. The number of hydrogen-bond donors (Lipinski definition) is 2. The molecule has 1 aliphatic rings. The fourth-order valence-corrected chi connectivity index (χ4v) is 5.26. The summed E-state index contributed by atoms with van der Waals surface area (Å²) in [6, 6.07) is 9.07. The highest BCUT2D eigenvalue weighted by Gasteiger charge is 2.29. The van der Waals surface area contributed by atoms with Crippen LogP contribution in [-0.2, 0) is 11.2 Å². The number of amides is 2. The maximum atomic E-state index is 12.3. The second-order valence-corrected chi connectivity index (χ2v) is 9.10. The van der Waals surface area contributed by atoms with Crippen LogP contribution in [0.3, 0.4) is 0 Å². The van der Waals surface area contributed by atoms with E-state index in [1.165, 1.54) is 29.6 Å². The average molecular weight is 429 g/mol. The van der Waals surface area contributed by atoms with Crippen molar-refractivity contribution in [2.24, 2.45) is 5.92 Å². The van der Waals surface area contributed by atoms with Gasteiger partial charge in [0.25, 0.3) is 5.91 Å². The molecule has 0 bridgehead atoms. The van der Waals surface area contributed by atoms with Crippen LogP contribution in [0.25, 0.3) is 0 Å². The number of hydrogen-bond acceptors (Lipinski definition) is 8. The molecule has 2 heterocycles. The first-order valence-electron chi connectivity index (χ1n) is 9.36. The van der Waals surface area contributed by atoms with Crippen molar-refractivity contribution in [1.29, 1.82) is 0 Å². The van der Waals surface area contributed by atoms with Crippen LogP contribution in [0.4, 0.5) is 10.3 Å². The van der Waals surface area contributed by atoms with E-state index in [-0.39, 0.29) is 11.8 Å². The first-order valence-corrected chi connectivity index (χ1v) is 11.0. The highest BCUT2D eigenvalue weighted by Crippen LogP contribution is 2.41. The second-order valence-electron chi connectivity index (χ2n) is 7.03. The first kappa shape index (κ1) is 19.6. The molecule has 1 saturated carbocycles. The lowest BCUT2D eigenvalue weighted by atomic mass is 10.0. The van der Waals surface area contributed by atoms with E-state index in [1.54, 1.807) is 12.1 Å². The van der Waals surface area contributed by atoms with Gasteiger partial charge in [-0.05, 0) is 37.3 Å². The van der Waals surface area contributed by atoms with Crippen molar-refractivity contribution in [2.75, 3.05) is 10.6 Å². The molecule has 3 aromatic rings. The minimum atomic E-state index is -0.177. The molecule has 2 aromatic heterocycles.